The molecule has 2 aromatic carbocycles. The molecule has 3 heteroatoms. The number of aryl methyl sites for hydroxylation is 1. The number of carbonyl (C=O) groups is 1. The van der Waals surface area contributed by atoms with E-state index in [4.69, 9.17) is 5.73 Å². The highest BCUT2D eigenvalue weighted by Gasteiger charge is 2.26. The summed E-state index contributed by atoms with van der Waals surface area (Å²) in [6.07, 6.45) is 2.04. The Labute approximate surface area is 131 Å². The molecule has 0 spiro atoms. The average Bonchev–Trinajstić information content (AvgIpc) is 2.54. The van der Waals surface area contributed by atoms with Crippen LogP contribution in [0.1, 0.15) is 31.4 Å². The molecule has 114 valence electrons. The van der Waals surface area contributed by atoms with E-state index in [1.165, 1.54) is 16.7 Å². The first-order chi connectivity index (χ1) is 10.6. The standard InChI is InChI=1S/C19H22N2O/c1-13-3-6-18-11-17(9-10-19(18)21(13)14(2)22)16-7-4-15(12-20)5-8-16/h4-5,7-11,13H,3,6,12,20H2,1-2H3/t13-/m0/s1. The fraction of sp³-hybridized carbons (Fsp3) is 0.316. The van der Waals surface area contributed by atoms with Crippen LogP contribution in [0.3, 0.4) is 0 Å². The van der Waals surface area contributed by atoms with Crippen LogP contribution in [0.5, 0.6) is 0 Å². The second-order valence-corrected chi connectivity index (χ2v) is 6.02. The maximum absolute atomic E-state index is 11.9. The molecule has 2 N–H and O–H groups in total. The monoisotopic (exact) mass is 294 g/mol. The zero-order valence-electron chi connectivity index (χ0n) is 13.2. The SMILES string of the molecule is CC(=O)N1c2ccc(-c3ccc(CN)cc3)cc2CC[C@@H]1C. The highest BCUT2D eigenvalue weighted by Crippen LogP contribution is 2.34. The third-order valence-electron chi connectivity index (χ3n) is 4.47. The van der Waals surface area contributed by atoms with Gasteiger partial charge < -0.3 is 10.6 Å². The van der Waals surface area contributed by atoms with Gasteiger partial charge in [0.25, 0.3) is 0 Å². The zero-order chi connectivity index (χ0) is 15.7. The van der Waals surface area contributed by atoms with E-state index in [1.54, 1.807) is 6.92 Å². The zero-order valence-corrected chi connectivity index (χ0v) is 13.2. The predicted molar refractivity (Wildman–Crippen MR) is 90.7 cm³/mol. The van der Waals surface area contributed by atoms with Crippen LogP contribution >= 0.6 is 0 Å². The van der Waals surface area contributed by atoms with Gasteiger partial charge in [-0.05, 0) is 54.2 Å². The number of anilines is 1. The van der Waals surface area contributed by atoms with E-state index < -0.39 is 0 Å². The first kappa shape index (κ1) is 14.8. The lowest BCUT2D eigenvalue weighted by molar-refractivity contribution is -0.117. The van der Waals surface area contributed by atoms with Gasteiger partial charge in [-0.25, -0.2) is 0 Å². The number of fused-ring (bicyclic) bond motifs is 1. The van der Waals surface area contributed by atoms with Crippen molar-refractivity contribution in [1.82, 2.24) is 0 Å². The third-order valence-corrected chi connectivity index (χ3v) is 4.47. The molecule has 0 aromatic heterocycles. The smallest absolute Gasteiger partial charge is 0.224 e. The van der Waals surface area contributed by atoms with Gasteiger partial charge in [-0.3, -0.25) is 4.79 Å². The van der Waals surface area contributed by atoms with Gasteiger partial charge in [-0.2, -0.15) is 0 Å². The van der Waals surface area contributed by atoms with Crippen molar-refractivity contribution in [2.45, 2.75) is 39.3 Å². The molecule has 0 unspecified atom stereocenters. The molecule has 0 saturated carbocycles. The molecule has 1 atom stereocenters. The summed E-state index contributed by atoms with van der Waals surface area (Å²) in [7, 11) is 0. The third kappa shape index (κ3) is 2.64. The van der Waals surface area contributed by atoms with E-state index in [0.29, 0.717) is 6.54 Å². The Hall–Kier alpha value is -2.13. The molecule has 0 fully saturated rings. The van der Waals surface area contributed by atoms with Crippen LogP contribution in [0.2, 0.25) is 0 Å². The highest BCUT2D eigenvalue weighted by molar-refractivity contribution is 5.94. The van der Waals surface area contributed by atoms with Gasteiger partial charge in [0, 0.05) is 25.2 Å². The van der Waals surface area contributed by atoms with Crippen LogP contribution in [-0.2, 0) is 17.8 Å². The molecule has 1 heterocycles. The van der Waals surface area contributed by atoms with Crippen molar-refractivity contribution in [3.63, 3.8) is 0 Å². The first-order valence-corrected chi connectivity index (χ1v) is 7.82. The van der Waals surface area contributed by atoms with Crippen molar-refractivity contribution in [2.75, 3.05) is 4.90 Å². The van der Waals surface area contributed by atoms with E-state index >= 15 is 0 Å². The summed E-state index contributed by atoms with van der Waals surface area (Å²) in [6.45, 7) is 4.32. The number of hydrogen-bond acceptors (Lipinski definition) is 2. The van der Waals surface area contributed by atoms with Crippen LogP contribution in [0.25, 0.3) is 11.1 Å². The molecule has 1 amide bonds. The minimum absolute atomic E-state index is 0.119. The number of hydrogen-bond donors (Lipinski definition) is 1. The highest BCUT2D eigenvalue weighted by atomic mass is 16.2. The quantitative estimate of drug-likeness (QED) is 0.921. The van der Waals surface area contributed by atoms with E-state index in [0.717, 1.165) is 24.1 Å². The van der Waals surface area contributed by atoms with Crippen molar-refractivity contribution < 1.29 is 4.79 Å². The molecular weight excluding hydrogens is 272 g/mol. The van der Waals surface area contributed by atoms with Crippen LogP contribution in [-0.4, -0.2) is 11.9 Å². The summed E-state index contributed by atoms with van der Waals surface area (Å²) in [5.74, 6) is 0.119. The fourth-order valence-corrected chi connectivity index (χ4v) is 3.24. The maximum Gasteiger partial charge on any atom is 0.224 e. The Kier molecular flexibility index (Phi) is 3.99. The number of amides is 1. The van der Waals surface area contributed by atoms with Gasteiger partial charge in [-0.1, -0.05) is 30.3 Å². The van der Waals surface area contributed by atoms with Crippen molar-refractivity contribution in [2.24, 2.45) is 5.73 Å². The van der Waals surface area contributed by atoms with Gasteiger partial charge >= 0.3 is 0 Å². The molecule has 3 rings (SSSR count). The Morgan fingerprint density at radius 1 is 1.18 bits per heavy atom. The molecule has 2 aromatic rings. The summed E-state index contributed by atoms with van der Waals surface area (Å²) in [6, 6.07) is 15.0. The Morgan fingerprint density at radius 3 is 2.50 bits per heavy atom. The predicted octanol–water partition coefficient (Wildman–Crippen LogP) is 3.50. The number of nitrogens with two attached hydrogens (primary N) is 1. The fourth-order valence-electron chi connectivity index (χ4n) is 3.24. The molecule has 0 radical (unpaired) electrons. The lowest BCUT2D eigenvalue weighted by Gasteiger charge is -2.34. The normalized spacial score (nSPS) is 17.2. The van der Waals surface area contributed by atoms with Crippen LogP contribution in [0, 0.1) is 0 Å². The van der Waals surface area contributed by atoms with Crippen LogP contribution in [0.15, 0.2) is 42.5 Å². The lowest BCUT2D eigenvalue weighted by atomic mass is 9.93. The summed E-state index contributed by atoms with van der Waals surface area (Å²) in [5, 5.41) is 0. The van der Waals surface area contributed by atoms with E-state index in [9.17, 15) is 4.79 Å². The number of carbonyl (C=O) groups excluding carboxylic acids is 1. The summed E-state index contributed by atoms with van der Waals surface area (Å²) in [4.78, 5) is 13.8. The largest absolute Gasteiger partial charge is 0.326 e. The minimum atomic E-state index is 0.119. The Morgan fingerprint density at radius 2 is 1.86 bits per heavy atom. The summed E-state index contributed by atoms with van der Waals surface area (Å²) < 4.78 is 0. The van der Waals surface area contributed by atoms with Gasteiger partial charge in [0.2, 0.25) is 5.91 Å². The van der Waals surface area contributed by atoms with Crippen molar-refractivity contribution in [3.05, 3.63) is 53.6 Å². The van der Waals surface area contributed by atoms with E-state index in [2.05, 4.69) is 49.4 Å². The lowest BCUT2D eigenvalue weighted by Crippen LogP contribution is -2.40. The summed E-state index contributed by atoms with van der Waals surface area (Å²) in [5.41, 5.74) is 11.5. The molecule has 0 saturated heterocycles. The second kappa shape index (κ2) is 5.93. The van der Waals surface area contributed by atoms with Crippen LogP contribution in [0.4, 0.5) is 5.69 Å². The maximum atomic E-state index is 11.9. The first-order valence-electron chi connectivity index (χ1n) is 7.82. The topological polar surface area (TPSA) is 46.3 Å². The number of nitrogens with zero attached hydrogens (tertiary/aromatic N) is 1. The van der Waals surface area contributed by atoms with Crippen molar-refractivity contribution in [1.29, 1.82) is 0 Å². The van der Waals surface area contributed by atoms with Gasteiger partial charge in [0.05, 0.1) is 0 Å². The molecule has 0 aliphatic carbocycles. The van der Waals surface area contributed by atoms with Gasteiger partial charge in [0.1, 0.15) is 0 Å². The summed E-state index contributed by atoms with van der Waals surface area (Å²) >= 11 is 0. The van der Waals surface area contributed by atoms with Crippen molar-refractivity contribution >= 4 is 11.6 Å². The molecule has 1 aliphatic rings. The molecular formula is C19H22N2O. The Balaban J connectivity index is 1.98. The number of rotatable bonds is 2. The van der Waals surface area contributed by atoms with Gasteiger partial charge in [0.15, 0.2) is 0 Å². The molecule has 1 aliphatic heterocycles. The number of benzene rings is 2. The second-order valence-electron chi connectivity index (χ2n) is 6.02. The molecule has 3 nitrogen and oxygen atoms in total. The van der Waals surface area contributed by atoms with Gasteiger partial charge in [-0.15, -0.1) is 0 Å². The molecule has 0 bridgehead atoms. The van der Waals surface area contributed by atoms with Crippen LogP contribution < -0.4 is 10.6 Å². The average molecular weight is 294 g/mol. The van der Waals surface area contributed by atoms with E-state index in [-0.39, 0.29) is 11.9 Å². The van der Waals surface area contributed by atoms with Crippen molar-refractivity contribution in [3.8, 4) is 11.1 Å². The van der Waals surface area contributed by atoms with E-state index in [1.807, 2.05) is 4.90 Å². The molecule has 22 heavy (non-hydrogen) atoms. The minimum Gasteiger partial charge on any atom is -0.326 e. The Bertz CT molecular complexity index is 691.